The molecule has 7 unspecified atom stereocenters. The van der Waals surface area contributed by atoms with Crippen LogP contribution < -0.4 is 16.4 Å². The smallest absolute Gasteiger partial charge is 0.387 e. The van der Waals surface area contributed by atoms with Gasteiger partial charge in [0.1, 0.15) is 30.8 Å². The van der Waals surface area contributed by atoms with E-state index in [1.165, 1.54) is 23.1 Å². The number of aliphatic hydroxyl groups is 2. The molecule has 3 aliphatic rings. The highest BCUT2D eigenvalue weighted by molar-refractivity contribution is 7.66. The van der Waals surface area contributed by atoms with Gasteiger partial charge in [-0.25, -0.2) is 13.7 Å². The number of nitrogens with zero attached hydrogens (tertiary/aromatic N) is 3. The summed E-state index contributed by atoms with van der Waals surface area (Å²) in [6, 6.07) is 3.95. The topological polar surface area (TPSA) is 324 Å². The Morgan fingerprint density at radius 2 is 1.79 bits per heavy atom. The van der Waals surface area contributed by atoms with Crippen LogP contribution in [-0.2, 0) is 40.9 Å². The Morgan fingerprint density at radius 3 is 2.47 bits per heavy atom. The fraction of sp³-hybridized carbons (Fsp3) is 0.556. The SMILES string of the molecule is CC(OP(=O)(O)OP(=O)(O)OP(=O)(O)OC[C@H]1O[C@@H](N2C=NC3C(=O)NC(N)NC32)[C@@H](O)[C@H]1O)c1ccccc1[N+](=O)[O-]. The van der Waals surface area contributed by atoms with E-state index in [1.54, 1.807) is 0 Å². The van der Waals surface area contributed by atoms with Crippen molar-refractivity contribution >= 4 is 41.4 Å². The first-order valence-electron chi connectivity index (χ1n) is 12.0. The number of nitro benzene ring substituents is 1. The minimum Gasteiger partial charge on any atom is -0.387 e. The highest BCUT2D eigenvalue weighted by Gasteiger charge is 2.52. The molecule has 0 aromatic heterocycles. The number of phosphoric acid groups is 3. The Labute approximate surface area is 241 Å². The molecule has 0 radical (unpaired) electrons. The van der Waals surface area contributed by atoms with Crippen LogP contribution in [0.15, 0.2) is 29.3 Å². The summed E-state index contributed by atoms with van der Waals surface area (Å²) in [7, 11) is -17.1. The molecule has 0 saturated carbocycles. The highest BCUT2D eigenvalue weighted by Crippen LogP contribution is 2.68. The van der Waals surface area contributed by atoms with E-state index in [2.05, 4.69) is 33.3 Å². The number of para-hydroxylation sites is 1. The second kappa shape index (κ2) is 12.6. The van der Waals surface area contributed by atoms with Gasteiger partial charge >= 0.3 is 23.5 Å². The van der Waals surface area contributed by atoms with Crippen molar-refractivity contribution < 1.29 is 70.7 Å². The summed E-state index contributed by atoms with van der Waals surface area (Å²) in [5.74, 6) is -0.523. The van der Waals surface area contributed by atoms with Crippen molar-refractivity contribution in [3.63, 3.8) is 0 Å². The molecule has 43 heavy (non-hydrogen) atoms. The standard InChI is InChI=1S/C18H27N6O16P3/c1-8(9-4-2-3-5-10(9)24(28)29)38-42(32,33)40-43(34,35)39-41(30,31)36-6-11-13(25)14(26)17(37-11)23-7-20-12-15(23)21-18(19)22-16(12)27/h2-5,7-8,11-15,17-18,21,25-26H,6,19H2,1H3,(H,22,27)(H,30,31)(H,32,33)(H,34,35)/t8?,11-,12?,13+,14+,15?,17-,18?/m1/s1. The number of aliphatic imine (C=N–C) groups is 1. The number of carbonyl (C=O) groups is 1. The van der Waals surface area contributed by atoms with Crippen LogP contribution in [0.3, 0.4) is 0 Å². The molecule has 3 heterocycles. The Morgan fingerprint density at radius 1 is 1.14 bits per heavy atom. The number of hydrogen-bond acceptors (Lipinski definition) is 17. The molecule has 0 bridgehead atoms. The molecule has 25 heteroatoms. The Hall–Kier alpha value is -2.23. The second-order valence-electron chi connectivity index (χ2n) is 9.23. The molecule has 2 saturated heterocycles. The van der Waals surface area contributed by atoms with Gasteiger partial charge in [-0.3, -0.25) is 40.0 Å². The third-order valence-corrected chi connectivity index (χ3v) is 10.6. The van der Waals surface area contributed by atoms with E-state index in [0.717, 1.165) is 19.3 Å². The van der Waals surface area contributed by atoms with Crippen LogP contribution in [0.4, 0.5) is 5.69 Å². The Balaban J connectivity index is 1.34. The number of hydrogen-bond donors (Lipinski definition) is 8. The maximum atomic E-state index is 12.3. The van der Waals surface area contributed by atoms with Crippen LogP contribution in [0, 0.1) is 10.1 Å². The second-order valence-corrected chi connectivity index (χ2v) is 13.8. The fourth-order valence-electron chi connectivity index (χ4n) is 4.40. The van der Waals surface area contributed by atoms with E-state index in [9.17, 15) is 53.5 Å². The zero-order chi connectivity index (χ0) is 31.9. The number of nitrogens with two attached hydrogens (primary N) is 1. The molecule has 9 N–H and O–H groups in total. The monoisotopic (exact) mass is 676 g/mol. The van der Waals surface area contributed by atoms with Crippen molar-refractivity contribution in [1.82, 2.24) is 15.5 Å². The molecular weight excluding hydrogens is 649 g/mol. The molecule has 2 fully saturated rings. The fourth-order valence-corrected chi connectivity index (χ4v) is 8.06. The third-order valence-electron chi connectivity index (χ3n) is 6.21. The maximum absolute atomic E-state index is 12.3. The van der Waals surface area contributed by atoms with Gasteiger partial charge in [0.15, 0.2) is 12.3 Å². The number of carbonyl (C=O) groups excluding carboxylic acids is 1. The summed E-state index contributed by atoms with van der Waals surface area (Å²) in [5.41, 5.74) is 4.99. The number of nitro groups is 1. The van der Waals surface area contributed by atoms with E-state index in [4.69, 9.17) is 10.5 Å². The van der Waals surface area contributed by atoms with Crippen LogP contribution in [-0.4, -0.2) is 96.6 Å². The maximum Gasteiger partial charge on any atom is 0.490 e. The van der Waals surface area contributed by atoms with Gasteiger partial charge in [0.2, 0.25) is 0 Å². The summed E-state index contributed by atoms with van der Waals surface area (Å²) in [6.07, 6.45) is -8.56. The molecule has 1 amide bonds. The van der Waals surface area contributed by atoms with E-state index < -0.39 is 95.7 Å². The summed E-state index contributed by atoms with van der Waals surface area (Å²) in [6.45, 7) is 0.0605. The molecule has 1 aromatic carbocycles. The summed E-state index contributed by atoms with van der Waals surface area (Å²) in [4.78, 5) is 57.3. The predicted molar refractivity (Wildman–Crippen MR) is 138 cm³/mol. The van der Waals surface area contributed by atoms with Crippen molar-refractivity contribution in [2.75, 3.05) is 6.61 Å². The van der Waals surface area contributed by atoms with Gasteiger partial charge in [0, 0.05) is 6.07 Å². The van der Waals surface area contributed by atoms with Gasteiger partial charge in [0.05, 0.1) is 29.5 Å². The number of fused-ring (bicyclic) bond motifs is 1. The molecule has 22 nitrogen and oxygen atoms in total. The lowest BCUT2D eigenvalue weighted by Crippen LogP contribution is -2.70. The van der Waals surface area contributed by atoms with Crippen LogP contribution in [0.2, 0.25) is 0 Å². The number of nitrogens with one attached hydrogen (secondary N) is 2. The lowest BCUT2D eigenvalue weighted by molar-refractivity contribution is -0.386. The molecule has 4 rings (SSSR count). The molecule has 3 aliphatic heterocycles. The average Bonchev–Trinajstić information content (AvgIpc) is 3.41. The lowest BCUT2D eigenvalue weighted by Gasteiger charge is -2.38. The molecule has 11 atom stereocenters. The van der Waals surface area contributed by atoms with Gasteiger partial charge in [-0.2, -0.15) is 8.62 Å². The van der Waals surface area contributed by atoms with Gasteiger partial charge in [-0.05, 0) is 13.0 Å². The van der Waals surface area contributed by atoms with E-state index in [1.807, 2.05) is 0 Å². The molecule has 1 aromatic rings. The minimum absolute atomic E-state index is 0.202. The lowest BCUT2D eigenvalue weighted by atomic mass is 10.1. The summed E-state index contributed by atoms with van der Waals surface area (Å²) >= 11 is 0. The zero-order valence-electron chi connectivity index (χ0n) is 21.7. The van der Waals surface area contributed by atoms with Gasteiger partial charge in [-0.15, -0.1) is 0 Å². The molecule has 0 spiro atoms. The number of phosphoric ester groups is 2. The average molecular weight is 676 g/mol. The van der Waals surface area contributed by atoms with Crippen molar-refractivity contribution in [3.8, 4) is 0 Å². The van der Waals surface area contributed by atoms with Crippen LogP contribution in [0.5, 0.6) is 0 Å². The number of amides is 1. The normalized spacial score (nSPS) is 33.6. The quantitative estimate of drug-likeness (QED) is 0.0707. The van der Waals surface area contributed by atoms with Gasteiger partial charge < -0.3 is 39.8 Å². The van der Waals surface area contributed by atoms with Crippen LogP contribution in [0.25, 0.3) is 0 Å². The number of aliphatic hydroxyl groups excluding tert-OH is 2. The van der Waals surface area contributed by atoms with Gasteiger partial charge in [0.25, 0.3) is 11.6 Å². The van der Waals surface area contributed by atoms with E-state index >= 15 is 0 Å². The largest absolute Gasteiger partial charge is 0.490 e. The van der Waals surface area contributed by atoms with E-state index in [-0.39, 0.29) is 5.56 Å². The third kappa shape index (κ3) is 7.90. The molecular formula is C18H27N6O16P3. The number of benzene rings is 1. The first-order valence-corrected chi connectivity index (χ1v) is 16.5. The number of rotatable bonds is 12. The van der Waals surface area contributed by atoms with Crippen molar-refractivity contribution in [1.29, 1.82) is 0 Å². The predicted octanol–water partition coefficient (Wildman–Crippen LogP) is -1.53. The molecule has 240 valence electrons. The highest BCUT2D eigenvalue weighted by atomic mass is 31.3. The van der Waals surface area contributed by atoms with Crippen LogP contribution >= 0.6 is 23.5 Å². The summed E-state index contributed by atoms with van der Waals surface area (Å²) in [5, 5.41) is 37.2. The zero-order valence-corrected chi connectivity index (χ0v) is 24.4. The van der Waals surface area contributed by atoms with Crippen molar-refractivity contribution in [3.05, 3.63) is 39.9 Å². The first-order chi connectivity index (χ1) is 19.9. The van der Waals surface area contributed by atoms with E-state index in [0.29, 0.717) is 0 Å². The minimum atomic E-state index is -5.91. The van der Waals surface area contributed by atoms with Crippen LogP contribution in [0.1, 0.15) is 18.6 Å². The number of ether oxygens (including phenoxy) is 1. The summed E-state index contributed by atoms with van der Waals surface area (Å²) < 4.78 is 59.7. The first kappa shape index (κ1) is 33.7. The Bertz CT molecular complexity index is 1420. The molecule has 0 aliphatic carbocycles. The van der Waals surface area contributed by atoms with Gasteiger partial charge in [-0.1, -0.05) is 12.1 Å². The Kier molecular flexibility index (Phi) is 9.89. The van der Waals surface area contributed by atoms with Crippen molar-refractivity contribution in [2.45, 2.75) is 56.1 Å². The van der Waals surface area contributed by atoms with Crippen molar-refractivity contribution in [2.24, 2.45) is 10.7 Å².